The van der Waals surface area contributed by atoms with Gasteiger partial charge < -0.3 is 23.7 Å². The molecule has 0 spiro atoms. The van der Waals surface area contributed by atoms with Crippen LogP contribution >= 0.6 is 0 Å². The first-order chi connectivity index (χ1) is 15.4. The van der Waals surface area contributed by atoms with E-state index in [1.165, 1.54) is 14.2 Å². The number of rotatable bonds is 8. The molecule has 1 aliphatic heterocycles. The van der Waals surface area contributed by atoms with Crippen LogP contribution in [-0.4, -0.2) is 76.0 Å². The normalized spacial score (nSPS) is 19.9. The number of amides is 1. The van der Waals surface area contributed by atoms with E-state index in [9.17, 15) is 19.2 Å². The molecule has 3 atom stereocenters. The number of methoxy groups -OCH3 is 3. The van der Waals surface area contributed by atoms with Gasteiger partial charge in [-0.3, -0.25) is 14.5 Å². The number of esters is 3. The van der Waals surface area contributed by atoms with Gasteiger partial charge in [-0.1, -0.05) is 18.2 Å². The zero-order valence-corrected chi connectivity index (χ0v) is 18.9. The predicted octanol–water partition coefficient (Wildman–Crippen LogP) is 1.76. The first-order valence-corrected chi connectivity index (χ1v) is 10.2. The molecule has 1 saturated heterocycles. The average molecular weight is 451 g/mol. The SMILES string of the molecule is CCOC(=O)C(C(=O)OCC)[C@H]1[C@@H](c2ccccc2OC)CN(C(=O)OC)[C@H]1C(=O)OC. The molecule has 1 aromatic carbocycles. The Morgan fingerprint density at radius 3 is 2.06 bits per heavy atom. The molecule has 0 aliphatic carbocycles. The Hall–Kier alpha value is -3.30. The number of carbonyl (C=O) groups is 4. The minimum Gasteiger partial charge on any atom is -0.496 e. The number of ether oxygens (including phenoxy) is 5. The lowest BCUT2D eigenvalue weighted by molar-refractivity contribution is -0.166. The van der Waals surface area contributed by atoms with Crippen molar-refractivity contribution in [3.8, 4) is 5.75 Å². The molecule has 1 aromatic rings. The van der Waals surface area contributed by atoms with Crippen LogP contribution in [0.4, 0.5) is 4.79 Å². The number of carbonyl (C=O) groups excluding carboxylic acids is 4. The summed E-state index contributed by atoms with van der Waals surface area (Å²) < 4.78 is 25.6. The molecule has 1 heterocycles. The second kappa shape index (κ2) is 11.4. The van der Waals surface area contributed by atoms with Crippen LogP contribution in [0.2, 0.25) is 0 Å². The van der Waals surface area contributed by atoms with Gasteiger partial charge in [0.15, 0.2) is 5.92 Å². The monoisotopic (exact) mass is 451 g/mol. The van der Waals surface area contributed by atoms with Crippen molar-refractivity contribution in [2.75, 3.05) is 41.1 Å². The van der Waals surface area contributed by atoms with Crippen LogP contribution in [0.15, 0.2) is 24.3 Å². The van der Waals surface area contributed by atoms with E-state index in [1.54, 1.807) is 38.1 Å². The maximum absolute atomic E-state index is 12.9. The van der Waals surface area contributed by atoms with Gasteiger partial charge in [-0.2, -0.15) is 0 Å². The highest BCUT2D eigenvalue weighted by atomic mass is 16.6. The third-order valence-electron chi connectivity index (χ3n) is 5.41. The van der Waals surface area contributed by atoms with Gasteiger partial charge in [0.1, 0.15) is 11.8 Å². The zero-order valence-electron chi connectivity index (χ0n) is 18.9. The number of likely N-dealkylation sites (tertiary alicyclic amines) is 1. The van der Waals surface area contributed by atoms with Crippen LogP contribution in [0, 0.1) is 11.8 Å². The van der Waals surface area contributed by atoms with E-state index < -0.39 is 47.8 Å². The first kappa shape index (κ1) is 25.0. The molecule has 32 heavy (non-hydrogen) atoms. The Kier molecular flexibility index (Phi) is 8.86. The van der Waals surface area contributed by atoms with Crippen molar-refractivity contribution in [2.24, 2.45) is 11.8 Å². The quantitative estimate of drug-likeness (QED) is 0.331. The third kappa shape index (κ3) is 4.95. The van der Waals surface area contributed by atoms with Crippen LogP contribution in [0.1, 0.15) is 25.3 Å². The summed E-state index contributed by atoms with van der Waals surface area (Å²) in [5, 5.41) is 0. The fourth-order valence-electron chi connectivity index (χ4n) is 4.15. The third-order valence-corrected chi connectivity index (χ3v) is 5.41. The number of hydrogen-bond donors (Lipinski definition) is 0. The van der Waals surface area contributed by atoms with Crippen molar-refractivity contribution in [1.29, 1.82) is 0 Å². The molecule has 2 rings (SSSR count). The number of para-hydroxylation sites is 1. The summed E-state index contributed by atoms with van der Waals surface area (Å²) in [5.41, 5.74) is 0.610. The van der Waals surface area contributed by atoms with Crippen molar-refractivity contribution in [3.05, 3.63) is 29.8 Å². The molecule has 176 valence electrons. The molecule has 1 aliphatic rings. The summed E-state index contributed by atoms with van der Waals surface area (Å²) >= 11 is 0. The molecular formula is C22H29NO9. The molecule has 0 N–H and O–H groups in total. The molecule has 0 saturated carbocycles. The Morgan fingerprint density at radius 1 is 0.969 bits per heavy atom. The van der Waals surface area contributed by atoms with Crippen LogP contribution in [0.5, 0.6) is 5.75 Å². The maximum Gasteiger partial charge on any atom is 0.410 e. The number of benzene rings is 1. The van der Waals surface area contributed by atoms with Crippen LogP contribution in [0.3, 0.4) is 0 Å². The van der Waals surface area contributed by atoms with E-state index in [-0.39, 0.29) is 19.8 Å². The summed E-state index contributed by atoms with van der Waals surface area (Å²) in [6.45, 7) is 3.22. The summed E-state index contributed by atoms with van der Waals surface area (Å²) in [4.78, 5) is 52.4. The summed E-state index contributed by atoms with van der Waals surface area (Å²) in [7, 11) is 3.82. The second-order valence-corrected chi connectivity index (χ2v) is 7.00. The smallest absolute Gasteiger partial charge is 0.410 e. The van der Waals surface area contributed by atoms with Gasteiger partial charge in [-0.05, 0) is 25.5 Å². The molecule has 0 aromatic heterocycles. The molecule has 10 nitrogen and oxygen atoms in total. The molecule has 0 unspecified atom stereocenters. The standard InChI is InChI=1S/C22H29NO9/c1-6-31-19(24)17(20(25)32-7-2)16-14(13-10-8-9-11-15(13)28-3)12-23(22(27)30-5)18(16)21(26)29-4/h8-11,14,16-18H,6-7,12H2,1-5H3/t14-,16-,18-/m1/s1. The largest absolute Gasteiger partial charge is 0.496 e. The first-order valence-electron chi connectivity index (χ1n) is 10.2. The van der Waals surface area contributed by atoms with Crippen molar-refractivity contribution in [2.45, 2.75) is 25.8 Å². The van der Waals surface area contributed by atoms with Gasteiger partial charge >= 0.3 is 24.0 Å². The van der Waals surface area contributed by atoms with E-state index in [4.69, 9.17) is 23.7 Å². The maximum atomic E-state index is 12.9. The molecular weight excluding hydrogens is 422 g/mol. The fraction of sp³-hybridized carbons (Fsp3) is 0.545. The summed E-state index contributed by atoms with van der Waals surface area (Å²) in [5.74, 6) is -5.21. The van der Waals surface area contributed by atoms with E-state index >= 15 is 0 Å². The zero-order chi connectivity index (χ0) is 23.8. The average Bonchev–Trinajstić information content (AvgIpc) is 3.18. The van der Waals surface area contributed by atoms with Gasteiger partial charge in [0.25, 0.3) is 0 Å². The second-order valence-electron chi connectivity index (χ2n) is 7.00. The molecule has 0 radical (unpaired) electrons. The van der Waals surface area contributed by atoms with Gasteiger partial charge in [0.05, 0.1) is 34.5 Å². The highest BCUT2D eigenvalue weighted by molar-refractivity contribution is 5.97. The topological polar surface area (TPSA) is 118 Å². The van der Waals surface area contributed by atoms with E-state index in [0.29, 0.717) is 11.3 Å². The van der Waals surface area contributed by atoms with E-state index in [1.807, 2.05) is 0 Å². The van der Waals surface area contributed by atoms with Gasteiger partial charge in [-0.15, -0.1) is 0 Å². The van der Waals surface area contributed by atoms with Crippen molar-refractivity contribution >= 4 is 24.0 Å². The van der Waals surface area contributed by atoms with E-state index in [0.717, 1.165) is 12.0 Å². The fourth-order valence-corrected chi connectivity index (χ4v) is 4.15. The van der Waals surface area contributed by atoms with Gasteiger partial charge in [-0.25, -0.2) is 9.59 Å². The number of hydrogen-bond acceptors (Lipinski definition) is 9. The minimum absolute atomic E-state index is 0.0182. The molecule has 1 fully saturated rings. The van der Waals surface area contributed by atoms with Gasteiger partial charge in [0, 0.05) is 18.4 Å². The Balaban J connectivity index is 2.73. The van der Waals surface area contributed by atoms with Crippen molar-refractivity contribution in [3.63, 3.8) is 0 Å². The van der Waals surface area contributed by atoms with Crippen LogP contribution < -0.4 is 4.74 Å². The van der Waals surface area contributed by atoms with Crippen LogP contribution in [-0.2, 0) is 33.3 Å². The lowest BCUT2D eigenvalue weighted by Crippen LogP contribution is -2.49. The molecule has 10 heteroatoms. The van der Waals surface area contributed by atoms with Crippen molar-refractivity contribution < 1.29 is 42.9 Å². The number of nitrogens with zero attached hydrogens (tertiary/aromatic N) is 1. The highest BCUT2D eigenvalue weighted by Gasteiger charge is 2.57. The van der Waals surface area contributed by atoms with Crippen molar-refractivity contribution in [1.82, 2.24) is 4.90 Å². The predicted molar refractivity (Wildman–Crippen MR) is 111 cm³/mol. The lowest BCUT2D eigenvalue weighted by Gasteiger charge is -2.30. The summed E-state index contributed by atoms with van der Waals surface area (Å²) in [6.07, 6.45) is -0.797. The lowest BCUT2D eigenvalue weighted by atomic mass is 9.76. The van der Waals surface area contributed by atoms with Gasteiger partial charge in [0.2, 0.25) is 0 Å². The van der Waals surface area contributed by atoms with Crippen LogP contribution in [0.25, 0.3) is 0 Å². The van der Waals surface area contributed by atoms with E-state index in [2.05, 4.69) is 0 Å². The minimum atomic E-state index is -1.48. The molecule has 0 bridgehead atoms. The summed E-state index contributed by atoms with van der Waals surface area (Å²) in [6, 6.07) is 5.69. The Labute approximate surface area is 186 Å². The Morgan fingerprint density at radius 2 is 1.56 bits per heavy atom. The highest BCUT2D eigenvalue weighted by Crippen LogP contribution is 2.46. The molecule has 1 amide bonds. The Bertz CT molecular complexity index is 822.